The summed E-state index contributed by atoms with van der Waals surface area (Å²) >= 11 is 0. The molecule has 1 saturated heterocycles. The number of hydrogen-bond donors (Lipinski definition) is 1. The molecule has 0 aromatic carbocycles. The normalized spacial score (nSPS) is 21.9. The SMILES string of the molecule is CC(C)(C)C(=O)NC1CC(=O)N(C(C)(C)C)C1. The van der Waals surface area contributed by atoms with Crippen LogP contribution in [0.3, 0.4) is 0 Å². The predicted octanol–water partition coefficient (Wildman–Crippen LogP) is 1.55. The first-order valence-electron chi connectivity index (χ1n) is 6.13. The van der Waals surface area contributed by atoms with E-state index >= 15 is 0 Å². The standard InChI is InChI=1S/C13H24N2O2/c1-12(2,3)11(17)14-9-7-10(16)15(8-9)13(4,5)6/h9H,7-8H2,1-6H3,(H,14,17). The molecule has 0 aromatic heterocycles. The summed E-state index contributed by atoms with van der Waals surface area (Å²) in [5, 5.41) is 2.95. The molecule has 0 spiro atoms. The largest absolute Gasteiger partial charge is 0.351 e. The van der Waals surface area contributed by atoms with E-state index in [0.717, 1.165) is 0 Å². The van der Waals surface area contributed by atoms with E-state index in [-0.39, 0.29) is 23.4 Å². The Morgan fingerprint density at radius 3 is 2.12 bits per heavy atom. The zero-order chi connectivity index (χ0) is 13.4. The summed E-state index contributed by atoms with van der Waals surface area (Å²) in [6.45, 7) is 12.3. The minimum Gasteiger partial charge on any atom is -0.351 e. The smallest absolute Gasteiger partial charge is 0.225 e. The van der Waals surface area contributed by atoms with Crippen molar-refractivity contribution in [3.63, 3.8) is 0 Å². The van der Waals surface area contributed by atoms with Crippen molar-refractivity contribution in [1.82, 2.24) is 10.2 Å². The Hall–Kier alpha value is -1.06. The van der Waals surface area contributed by atoms with Crippen LogP contribution in [0.4, 0.5) is 0 Å². The molecule has 0 radical (unpaired) electrons. The van der Waals surface area contributed by atoms with Crippen molar-refractivity contribution in [2.75, 3.05) is 6.54 Å². The summed E-state index contributed by atoms with van der Waals surface area (Å²) in [6, 6.07) is -0.0477. The molecule has 0 bridgehead atoms. The molecule has 1 rings (SSSR count). The van der Waals surface area contributed by atoms with E-state index in [0.29, 0.717) is 13.0 Å². The molecule has 1 unspecified atom stereocenters. The molecule has 17 heavy (non-hydrogen) atoms. The van der Waals surface area contributed by atoms with E-state index < -0.39 is 5.41 Å². The van der Waals surface area contributed by atoms with Gasteiger partial charge in [-0.05, 0) is 20.8 Å². The van der Waals surface area contributed by atoms with Gasteiger partial charge in [-0.15, -0.1) is 0 Å². The van der Waals surface area contributed by atoms with Gasteiger partial charge in [0, 0.05) is 23.9 Å². The lowest BCUT2D eigenvalue weighted by atomic mass is 9.95. The van der Waals surface area contributed by atoms with Crippen molar-refractivity contribution in [3.8, 4) is 0 Å². The van der Waals surface area contributed by atoms with Crippen LogP contribution >= 0.6 is 0 Å². The Bertz CT molecular complexity index is 323. The lowest BCUT2D eigenvalue weighted by Gasteiger charge is -2.32. The van der Waals surface area contributed by atoms with Gasteiger partial charge in [-0.2, -0.15) is 0 Å². The van der Waals surface area contributed by atoms with Gasteiger partial charge in [0.15, 0.2) is 0 Å². The maximum atomic E-state index is 11.8. The van der Waals surface area contributed by atoms with Crippen LogP contribution in [0, 0.1) is 5.41 Å². The molecule has 98 valence electrons. The van der Waals surface area contributed by atoms with E-state index in [1.54, 1.807) is 0 Å². The first-order valence-corrected chi connectivity index (χ1v) is 6.13. The van der Waals surface area contributed by atoms with Crippen molar-refractivity contribution in [2.24, 2.45) is 5.41 Å². The molecule has 0 aliphatic carbocycles. The molecule has 1 heterocycles. The lowest BCUT2D eigenvalue weighted by molar-refractivity contribution is -0.131. The lowest BCUT2D eigenvalue weighted by Crippen LogP contribution is -2.46. The van der Waals surface area contributed by atoms with Crippen LogP contribution in [0.25, 0.3) is 0 Å². The predicted molar refractivity (Wildman–Crippen MR) is 67.5 cm³/mol. The fourth-order valence-corrected chi connectivity index (χ4v) is 1.85. The number of rotatable bonds is 1. The Morgan fingerprint density at radius 2 is 1.76 bits per heavy atom. The van der Waals surface area contributed by atoms with Crippen LogP contribution in [-0.4, -0.2) is 34.8 Å². The monoisotopic (exact) mass is 240 g/mol. The molecular weight excluding hydrogens is 216 g/mol. The van der Waals surface area contributed by atoms with Crippen molar-refractivity contribution in [1.29, 1.82) is 0 Å². The fourth-order valence-electron chi connectivity index (χ4n) is 1.85. The fraction of sp³-hybridized carbons (Fsp3) is 0.846. The third kappa shape index (κ3) is 3.45. The molecule has 4 nitrogen and oxygen atoms in total. The maximum Gasteiger partial charge on any atom is 0.225 e. The third-order valence-corrected chi connectivity index (χ3v) is 2.95. The molecule has 0 saturated carbocycles. The van der Waals surface area contributed by atoms with Crippen molar-refractivity contribution in [2.45, 2.75) is 59.5 Å². The van der Waals surface area contributed by atoms with Gasteiger partial charge in [-0.3, -0.25) is 9.59 Å². The van der Waals surface area contributed by atoms with E-state index in [4.69, 9.17) is 0 Å². The Morgan fingerprint density at radius 1 is 1.24 bits per heavy atom. The summed E-state index contributed by atoms with van der Waals surface area (Å²) in [4.78, 5) is 25.5. The van der Waals surface area contributed by atoms with Gasteiger partial charge < -0.3 is 10.2 Å². The average molecular weight is 240 g/mol. The first-order chi connectivity index (χ1) is 7.51. The van der Waals surface area contributed by atoms with Gasteiger partial charge in [0.05, 0.1) is 6.04 Å². The Kier molecular flexibility index (Phi) is 3.55. The van der Waals surface area contributed by atoms with Gasteiger partial charge in [-0.1, -0.05) is 20.8 Å². The van der Waals surface area contributed by atoms with E-state index in [1.807, 2.05) is 46.4 Å². The number of carbonyl (C=O) groups is 2. The highest BCUT2D eigenvalue weighted by atomic mass is 16.2. The minimum absolute atomic E-state index is 0.00561. The number of amides is 2. The molecule has 1 aliphatic rings. The van der Waals surface area contributed by atoms with Crippen molar-refractivity contribution >= 4 is 11.8 Å². The summed E-state index contributed by atoms with van der Waals surface area (Å²) in [6.07, 6.45) is 0.416. The number of nitrogens with one attached hydrogen (secondary N) is 1. The molecule has 1 N–H and O–H groups in total. The highest BCUT2D eigenvalue weighted by Crippen LogP contribution is 2.23. The second-order valence-electron chi connectivity index (χ2n) is 6.80. The molecule has 1 atom stereocenters. The molecule has 1 aliphatic heterocycles. The quantitative estimate of drug-likeness (QED) is 0.756. The average Bonchev–Trinajstić information content (AvgIpc) is 2.44. The van der Waals surface area contributed by atoms with Crippen molar-refractivity contribution < 1.29 is 9.59 Å². The van der Waals surface area contributed by atoms with Crippen molar-refractivity contribution in [3.05, 3.63) is 0 Å². The van der Waals surface area contributed by atoms with E-state index in [2.05, 4.69) is 5.32 Å². The topological polar surface area (TPSA) is 49.4 Å². The molecule has 1 fully saturated rings. The second-order valence-corrected chi connectivity index (χ2v) is 6.80. The highest BCUT2D eigenvalue weighted by molar-refractivity contribution is 5.84. The Labute approximate surface area is 104 Å². The number of carbonyl (C=O) groups excluding carboxylic acids is 2. The van der Waals surface area contributed by atoms with Crippen LogP contribution in [0.15, 0.2) is 0 Å². The van der Waals surface area contributed by atoms with Crippen LogP contribution in [0.1, 0.15) is 48.0 Å². The second kappa shape index (κ2) is 4.31. The molecular formula is C13H24N2O2. The number of nitrogens with zero attached hydrogens (tertiary/aromatic N) is 1. The maximum absolute atomic E-state index is 11.8. The zero-order valence-electron chi connectivity index (χ0n) is 11.8. The van der Waals surface area contributed by atoms with Gasteiger partial charge in [-0.25, -0.2) is 0 Å². The first kappa shape index (κ1) is 14.0. The highest BCUT2D eigenvalue weighted by Gasteiger charge is 2.37. The summed E-state index contributed by atoms with van der Waals surface area (Å²) in [7, 11) is 0. The third-order valence-electron chi connectivity index (χ3n) is 2.95. The van der Waals surface area contributed by atoms with Crippen LogP contribution in [-0.2, 0) is 9.59 Å². The number of likely N-dealkylation sites (tertiary alicyclic amines) is 1. The van der Waals surface area contributed by atoms with Gasteiger partial charge in [0.25, 0.3) is 0 Å². The van der Waals surface area contributed by atoms with Gasteiger partial charge >= 0.3 is 0 Å². The van der Waals surface area contributed by atoms with Gasteiger partial charge in [0.1, 0.15) is 0 Å². The zero-order valence-corrected chi connectivity index (χ0v) is 11.8. The summed E-state index contributed by atoms with van der Waals surface area (Å²) in [5.41, 5.74) is -0.573. The number of hydrogen-bond acceptors (Lipinski definition) is 2. The Balaban J connectivity index is 2.62. The molecule has 4 heteroatoms. The van der Waals surface area contributed by atoms with E-state index in [1.165, 1.54) is 0 Å². The summed E-state index contributed by atoms with van der Waals surface area (Å²) in [5.74, 6) is 0.128. The molecule has 0 aromatic rings. The van der Waals surface area contributed by atoms with Crippen LogP contribution < -0.4 is 5.32 Å². The minimum atomic E-state index is -0.405. The van der Waals surface area contributed by atoms with Crippen LogP contribution in [0.2, 0.25) is 0 Å². The van der Waals surface area contributed by atoms with Gasteiger partial charge in [0.2, 0.25) is 11.8 Å². The summed E-state index contributed by atoms with van der Waals surface area (Å²) < 4.78 is 0. The van der Waals surface area contributed by atoms with Crippen LogP contribution in [0.5, 0.6) is 0 Å². The van der Waals surface area contributed by atoms with E-state index in [9.17, 15) is 9.59 Å². The molecule has 2 amide bonds.